The Labute approximate surface area is 137 Å². The van der Waals surface area contributed by atoms with Crippen LogP contribution in [-0.4, -0.2) is 56.3 Å². The molecule has 5 nitrogen and oxygen atoms in total. The topological polar surface area (TPSA) is 50.8 Å². The maximum atomic E-state index is 12.6. The number of carbonyl (C=O) groups is 1. The number of amides is 1. The third kappa shape index (κ3) is 3.57. The highest BCUT2D eigenvalue weighted by Gasteiger charge is 2.37. The molecule has 2 saturated heterocycles. The van der Waals surface area contributed by atoms with Gasteiger partial charge in [0.05, 0.1) is 25.9 Å². The fourth-order valence-corrected chi connectivity index (χ4v) is 3.36. The Bertz CT molecular complexity index is 600. The first-order chi connectivity index (χ1) is 11.2. The monoisotopic (exact) mass is 316 g/mol. The van der Waals surface area contributed by atoms with Crippen LogP contribution in [0.25, 0.3) is 0 Å². The summed E-state index contributed by atoms with van der Waals surface area (Å²) in [6.07, 6.45) is 2.61. The minimum absolute atomic E-state index is 0.0828. The lowest BCUT2D eigenvalue weighted by molar-refractivity contribution is -0.137. The molecule has 1 aromatic carbocycles. The summed E-state index contributed by atoms with van der Waals surface area (Å²) in [4.78, 5) is 14.6. The Morgan fingerprint density at radius 1 is 1.43 bits per heavy atom. The van der Waals surface area contributed by atoms with Crippen molar-refractivity contribution in [3.8, 4) is 5.75 Å². The third-order valence-corrected chi connectivity index (χ3v) is 4.51. The minimum Gasteiger partial charge on any atom is -0.496 e. The number of nitrogens with zero attached hydrogens (tertiary/aromatic N) is 1. The summed E-state index contributed by atoms with van der Waals surface area (Å²) < 4.78 is 11.1. The van der Waals surface area contributed by atoms with Crippen molar-refractivity contribution in [3.63, 3.8) is 0 Å². The number of para-hydroxylation sites is 1. The molecule has 5 heteroatoms. The van der Waals surface area contributed by atoms with Crippen LogP contribution < -0.4 is 10.1 Å². The second kappa shape index (κ2) is 7.15. The van der Waals surface area contributed by atoms with Crippen molar-refractivity contribution in [3.05, 3.63) is 41.5 Å². The van der Waals surface area contributed by atoms with Crippen LogP contribution in [0.4, 0.5) is 0 Å². The minimum atomic E-state index is 0.0828. The summed E-state index contributed by atoms with van der Waals surface area (Å²) in [6, 6.07) is 8.08. The van der Waals surface area contributed by atoms with E-state index < -0.39 is 0 Å². The van der Waals surface area contributed by atoms with Gasteiger partial charge in [0.15, 0.2) is 0 Å². The Balaban J connectivity index is 1.69. The van der Waals surface area contributed by atoms with Crippen LogP contribution in [0.2, 0.25) is 0 Å². The lowest BCUT2D eigenvalue weighted by atomic mass is 10.0. The highest BCUT2D eigenvalue weighted by molar-refractivity contribution is 5.88. The average molecular weight is 316 g/mol. The summed E-state index contributed by atoms with van der Waals surface area (Å²) in [6.45, 7) is 4.93. The van der Waals surface area contributed by atoms with Crippen LogP contribution >= 0.6 is 0 Å². The van der Waals surface area contributed by atoms with E-state index in [9.17, 15) is 4.79 Å². The van der Waals surface area contributed by atoms with Gasteiger partial charge in [-0.25, -0.2) is 0 Å². The van der Waals surface area contributed by atoms with Gasteiger partial charge in [-0.1, -0.05) is 23.8 Å². The zero-order valence-electron chi connectivity index (χ0n) is 13.7. The number of rotatable bonds is 4. The molecule has 1 amide bonds. The normalized spacial score (nSPS) is 24.4. The van der Waals surface area contributed by atoms with E-state index in [1.807, 2.05) is 36.1 Å². The summed E-state index contributed by atoms with van der Waals surface area (Å²) in [5, 5.41) is 3.30. The zero-order valence-corrected chi connectivity index (χ0v) is 13.7. The molecule has 0 aliphatic carbocycles. The summed E-state index contributed by atoms with van der Waals surface area (Å²) in [5.74, 6) is 0.943. The molecule has 3 rings (SSSR count). The van der Waals surface area contributed by atoms with Crippen molar-refractivity contribution in [1.82, 2.24) is 10.2 Å². The molecule has 2 aliphatic rings. The quantitative estimate of drug-likeness (QED) is 0.853. The molecule has 23 heavy (non-hydrogen) atoms. The number of ether oxygens (including phenoxy) is 2. The van der Waals surface area contributed by atoms with Crippen molar-refractivity contribution < 1.29 is 14.3 Å². The van der Waals surface area contributed by atoms with E-state index >= 15 is 0 Å². The molecule has 1 aromatic rings. The number of morpholine rings is 1. The van der Waals surface area contributed by atoms with E-state index in [-0.39, 0.29) is 18.1 Å². The van der Waals surface area contributed by atoms with Crippen molar-refractivity contribution in [2.24, 2.45) is 0 Å². The number of benzene rings is 1. The van der Waals surface area contributed by atoms with Gasteiger partial charge in [0.25, 0.3) is 0 Å². The number of methoxy groups -OCH3 is 1. The maximum Gasteiger partial charge on any atom is 0.246 e. The first kappa shape index (κ1) is 16.0. The molecule has 124 valence electrons. The van der Waals surface area contributed by atoms with Crippen LogP contribution in [0.15, 0.2) is 35.9 Å². The van der Waals surface area contributed by atoms with E-state index in [0.717, 1.165) is 30.0 Å². The molecule has 0 aromatic heterocycles. The lowest BCUT2D eigenvalue weighted by Crippen LogP contribution is -2.52. The van der Waals surface area contributed by atoms with Crippen LogP contribution in [0.1, 0.15) is 12.5 Å². The van der Waals surface area contributed by atoms with Gasteiger partial charge in [-0.05, 0) is 25.0 Å². The summed E-state index contributed by atoms with van der Waals surface area (Å²) in [5.41, 5.74) is 2.13. The molecule has 2 heterocycles. The largest absolute Gasteiger partial charge is 0.496 e. The maximum absolute atomic E-state index is 12.6. The molecule has 2 atom stereocenters. The highest BCUT2D eigenvalue weighted by Crippen LogP contribution is 2.22. The molecule has 0 spiro atoms. The Morgan fingerprint density at radius 2 is 2.26 bits per heavy atom. The number of hydrogen-bond donors (Lipinski definition) is 1. The van der Waals surface area contributed by atoms with Crippen molar-refractivity contribution in [2.45, 2.75) is 25.5 Å². The molecule has 2 aliphatic heterocycles. The molecule has 0 radical (unpaired) electrons. The van der Waals surface area contributed by atoms with Gasteiger partial charge in [-0.15, -0.1) is 0 Å². The molecular weight excluding hydrogens is 292 g/mol. The highest BCUT2D eigenvalue weighted by atomic mass is 16.5. The standard InChI is InChI=1S/C18H24N2O3/c1-13(9-14-5-3-4-6-16(14)22-2)10-18(21)20-7-8-23-17-12-19-11-15(17)20/h3-6,10,15,17,19H,7-9,11-12H2,1-2H3/b13-10+/t15-,17+/m1/s1. The molecule has 0 saturated carbocycles. The van der Waals surface area contributed by atoms with Gasteiger partial charge in [0, 0.05) is 25.7 Å². The number of fused-ring (bicyclic) bond motifs is 1. The fraction of sp³-hybridized carbons (Fsp3) is 0.500. The summed E-state index contributed by atoms with van der Waals surface area (Å²) in [7, 11) is 1.67. The first-order valence-electron chi connectivity index (χ1n) is 8.11. The van der Waals surface area contributed by atoms with Gasteiger partial charge < -0.3 is 19.7 Å². The van der Waals surface area contributed by atoms with Crippen molar-refractivity contribution >= 4 is 5.91 Å². The SMILES string of the molecule is COc1ccccc1C/C(C)=C/C(=O)N1CCO[C@H]2CNC[C@H]21. The lowest BCUT2D eigenvalue weighted by Gasteiger charge is -2.36. The predicted molar refractivity (Wildman–Crippen MR) is 88.6 cm³/mol. The van der Waals surface area contributed by atoms with E-state index in [4.69, 9.17) is 9.47 Å². The second-order valence-electron chi connectivity index (χ2n) is 6.15. The molecular formula is C18H24N2O3. The van der Waals surface area contributed by atoms with E-state index in [1.54, 1.807) is 13.2 Å². The van der Waals surface area contributed by atoms with Crippen LogP contribution in [-0.2, 0) is 16.0 Å². The van der Waals surface area contributed by atoms with Gasteiger partial charge in [0.2, 0.25) is 5.91 Å². The molecule has 1 N–H and O–H groups in total. The van der Waals surface area contributed by atoms with Crippen LogP contribution in [0.3, 0.4) is 0 Å². The number of allylic oxidation sites excluding steroid dienone is 1. The Hall–Kier alpha value is -1.85. The smallest absolute Gasteiger partial charge is 0.246 e. The van der Waals surface area contributed by atoms with Gasteiger partial charge in [-0.3, -0.25) is 4.79 Å². The molecule has 2 fully saturated rings. The van der Waals surface area contributed by atoms with Gasteiger partial charge in [0.1, 0.15) is 5.75 Å². The first-order valence-corrected chi connectivity index (χ1v) is 8.11. The van der Waals surface area contributed by atoms with E-state index in [1.165, 1.54) is 0 Å². The molecule has 0 bridgehead atoms. The van der Waals surface area contributed by atoms with Gasteiger partial charge >= 0.3 is 0 Å². The fourth-order valence-electron chi connectivity index (χ4n) is 3.36. The van der Waals surface area contributed by atoms with Crippen LogP contribution in [0, 0.1) is 0 Å². The Morgan fingerprint density at radius 3 is 3.09 bits per heavy atom. The number of nitrogens with one attached hydrogen (secondary N) is 1. The predicted octanol–water partition coefficient (Wildman–Crippen LogP) is 1.38. The Kier molecular flexibility index (Phi) is 4.98. The van der Waals surface area contributed by atoms with Crippen molar-refractivity contribution in [2.75, 3.05) is 33.4 Å². The van der Waals surface area contributed by atoms with E-state index in [2.05, 4.69) is 5.32 Å². The average Bonchev–Trinajstić information content (AvgIpc) is 3.03. The number of hydrogen-bond acceptors (Lipinski definition) is 4. The summed E-state index contributed by atoms with van der Waals surface area (Å²) >= 11 is 0. The zero-order chi connectivity index (χ0) is 16.2. The van der Waals surface area contributed by atoms with E-state index in [0.29, 0.717) is 19.6 Å². The van der Waals surface area contributed by atoms with Crippen molar-refractivity contribution in [1.29, 1.82) is 0 Å². The number of carbonyl (C=O) groups excluding carboxylic acids is 1. The third-order valence-electron chi connectivity index (χ3n) is 4.51. The van der Waals surface area contributed by atoms with Gasteiger partial charge in [-0.2, -0.15) is 0 Å². The molecule has 0 unspecified atom stereocenters. The van der Waals surface area contributed by atoms with Crippen LogP contribution in [0.5, 0.6) is 5.75 Å². The second-order valence-corrected chi connectivity index (χ2v) is 6.15.